The second kappa shape index (κ2) is 4.96. The van der Waals surface area contributed by atoms with Gasteiger partial charge in [-0.25, -0.2) is 8.42 Å². The molecule has 0 unspecified atom stereocenters. The van der Waals surface area contributed by atoms with E-state index in [-0.39, 0.29) is 4.90 Å². The van der Waals surface area contributed by atoms with Gasteiger partial charge in [0.2, 0.25) is 0 Å². The van der Waals surface area contributed by atoms with Crippen LogP contribution in [0.5, 0.6) is 5.75 Å². The predicted octanol–water partition coefficient (Wildman–Crippen LogP) is 2.03. The number of nitrogens with zero attached hydrogens (tertiary/aromatic N) is 1. The van der Waals surface area contributed by atoms with Crippen molar-refractivity contribution < 1.29 is 13.2 Å². The summed E-state index contributed by atoms with van der Waals surface area (Å²) in [5, 5.41) is 0. The Morgan fingerprint density at radius 2 is 1.86 bits per heavy atom. The topological polar surface area (TPSA) is 72.6 Å². The minimum atomic E-state index is -3.55. The van der Waals surface area contributed by atoms with Gasteiger partial charge in [0.05, 0.1) is 17.7 Å². The third kappa shape index (κ3) is 2.31. The standard InChI is InChI=1S/C15H16N2O3S/c1-20-13-3-5-14(6-4-13)21(18,19)17-9-8-11-10-12(16)2-7-15(11)17/h2-7,10H,8-9,16H2,1H3. The fraction of sp³-hybridized carbons (Fsp3) is 0.200. The highest BCUT2D eigenvalue weighted by Gasteiger charge is 2.30. The van der Waals surface area contributed by atoms with Crippen LogP contribution in [-0.2, 0) is 16.4 Å². The predicted molar refractivity (Wildman–Crippen MR) is 82.1 cm³/mol. The van der Waals surface area contributed by atoms with Gasteiger partial charge in [-0.05, 0) is 54.4 Å². The summed E-state index contributed by atoms with van der Waals surface area (Å²) in [5.41, 5.74) is 8.07. The number of rotatable bonds is 3. The van der Waals surface area contributed by atoms with Crippen LogP contribution < -0.4 is 14.8 Å². The minimum absolute atomic E-state index is 0.257. The Labute approximate surface area is 124 Å². The zero-order valence-corrected chi connectivity index (χ0v) is 12.4. The van der Waals surface area contributed by atoms with E-state index in [0.717, 1.165) is 5.56 Å². The van der Waals surface area contributed by atoms with Crippen LogP contribution >= 0.6 is 0 Å². The smallest absolute Gasteiger partial charge is 0.264 e. The molecule has 2 N–H and O–H groups in total. The largest absolute Gasteiger partial charge is 0.497 e. The molecule has 0 aliphatic carbocycles. The van der Waals surface area contributed by atoms with Crippen molar-refractivity contribution in [3.05, 3.63) is 48.0 Å². The van der Waals surface area contributed by atoms with Gasteiger partial charge in [-0.1, -0.05) is 0 Å². The van der Waals surface area contributed by atoms with Crippen molar-refractivity contribution in [2.45, 2.75) is 11.3 Å². The van der Waals surface area contributed by atoms with Crippen LogP contribution in [0.2, 0.25) is 0 Å². The van der Waals surface area contributed by atoms with Gasteiger partial charge < -0.3 is 10.5 Å². The van der Waals surface area contributed by atoms with Gasteiger partial charge in [0, 0.05) is 12.2 Å². The fourth-order valence-corrected chi connectivity index (χ4v) is 4.02. The second-order valence-corrected chi connectivity index (χ2v) is 6.75. The highest BCUT2D eigenvalue weighted by atomic mass is 32.2. The number of fused-ring (bicyclic) bond motifs is 1. The molecule has 0 saturated carbocycles. The zero-order valence-electron chi connectivity index (χ0n) is 11.6. The highest BCUT2D eigenvalue weighted by molar-refractivity contribution is 7.92. The fourth-order valence-electron chi connectivity index (χ4n) is 2.52. The summed E-state index contributed by atoms with van der Waals surface area (Å²) in [7, 11) is -2.01. The Morgan fingerprint density at radius 3 is 2.52 bits per heavy atom. The number of ether oxygens (including phenoxy) is 1. The maximum Gasteiger partial charge on any atom is 0.264 e. The van der Waals surface area contributed by atoms with Gasteiger partial charge in [0.1, 0.15) is 5.75 Å². The summed E-state index contributed by atoms with van der Waals surface area (Å²) in [6, 6.07) is 11.7. The highest BCUT2D eigenvalue weighted by Crippen LogP contribution is 2.34. The van der Waals surface area contributed by atoms with Gasteiger partial charge in [-0.3, -0.25) is 4.31 Å². The van der Waals surface area contributed by atoms with Gasteiger partial charge in [-0.2, -0.15) is 0 Å². The van der Waals surface area contributed by atoms with E-state index in [1.807, 2.05) is 6.07 Å². The van der Waals surface area contributed by atoms with Gasteiger partial charge in [0.25, 0.3) is 10.0 Å². The Kier molecular flexibility index (Phi) is 3.25. The first-order valence-electron chi connectivity index (χ1n) is 6.57. The van der Waals surface area contributed by atoms with Crippen molar-refractivity contribution in [3.8, 4) is 5.75 Å². The molecule has 1 aliphatic rings. The van der Waals surface area contributed by atoms with E-state index in [1.54, 1.807) is 43.5 Å². The van der Waals surface area contributed by atoms with Crippen LogP contribution in [0.25, 0.3) is 0 Å². The molecular formula is C15H16N2O3S. The first kappa shape index (κ1) is 13.8. The van der Waals surface area contributed by atoms with E-state index in [9.17, 15) is 8.42 Å². The first-order valence-corrected chi connectivity index (χ1v) is 8.01. The van der Waals surface area contributed by atoms with Crippen molar-refractivity contribution in [2.24, 2.45) is 0 Å². The monoisotopic (exact) mass is 304 g/mol. The molecule has 0 fully saturated rings. The number of nitrogens with two attached hydrogens (primary N) is 1. The van der Waals surface area contributed by atoms with Gasteiger partial charge in [-0.15, -0.1) is 0 Å². The van der Waals surface area contributed by atoms with Crippen LogP contribution in [0.4, 0.5) is 11.4 Å². The van der Waals surface area contributed by atoms with Crippen LogP contribution in [-0.4, -0.2) is 22.1 Å². The number of nitrogen functional groups attached to an aromatic ring is 1. The molecule has 1 aliphatic heterocycles. The number of anilines is 2. The molecule has 6 heteroatoms. The lowest BCUT2D eigenvalue weighted by molar-refractivity contribution is 0.414. The normalized spacial score (nSPS) is 14.0. The third-order valence-corrected chi connectivity index (χ3v) is 5.43. The van der Waals surface area contributed by atoms with E-state index in [4.69, 9.17) is 10.5 Å². The molecule has 110 valence electrons. The number of methoxy groups -OCH3 is 1. The van der Waals surface area contributed by atoms with Crippen molar-refractivity contribution >= 4 is 21.4 Å². The lowest BCUT2D eigenvalue weighted by Crippen LogP contribution is -2.29. The van der Waals surface area contributed by atoms with E-state index in [2.05, 4.69) is 0 Å². The molecule has 0 radical (unpaired) electrons. The molecule has 0 atom stereocenters. The van der Waals surface area contributed by atoms with Crippen LogP contribution in [0.1, 0.15) is 5.56 Å². The lowest BCUT2D eigenvalue weighted by Gasteiger charge is -2.19. The van der Waals surface area contributed by atoms with E-state index in [1.165, 1.54) is 4.31 Å². The number of hydrogen-bond donors (Lipinski definition) is 1. The molecule has 21 heavy (non-hydrogen) atoms. The summed E-state index contributed by atoms with van der Waals surface area (Å²) in [5.74, 6) is 0.628. The Bertz CT molecular complexity index is 770. The van der Waals surface area contributed by atoms with Crippen LogP contribution in [0.3, 0.4) is 0 Å². The Balaban J connectivity index is 2.00. The van der Waals surface area contributed by atoms with E-state index in [0.29, 0.717) is 30.1 Å². The van der Waals surface area contributed by atoms with E-state index < -0.39 is 10.0 Å². The second-order valence-electron chi connectivity index (χ2n) is 4.89. The Morgan fingerprint density at radius 1 is 1.14 bits per heavy atom. The van der Waals surface area contributed by atoms with Gasteiger partial charge in [0.15, 0.2) is 0 Å². The van der Waals surface area contributed by atoms with Crippen molar-refractivity contribution in [1.82, 2.24) is 0 Å². The molecule has 0 spiro atoms. The molecular weight excluding hydrogens is 288 g/mol. The van der Waals surface area contributed by atoms with Crippen molar-refractivity contribution in [3.63, 3.8) is 0 Å². The Hall–Kier alpha value is -2.21. The summed E-state index contributed by atoms with van der Waals surface area (Å²) in [6.07, 6.45) is 0.676. The summed E-state index contributed by atoms with van der Waals surface area (Å²) in [6.45, 7) is 0.438. The maximum atomic E-state index is 12.7. The molecule has 0 bridgehead atoms. The first-order chi connectivity index (χ1) is 10.0. The lowest BCUT2D eigenvalue weighted by atomic mass is 10.1. The molecule has 2 aromatic carbocycles. The SMILES string of the molecule is COc1ccc(S(=O)(=O)N2CCc3cc(N)ccc32)cc1. The quantitative estimate of drug-likeness (QED) is 0.881. The number of benzene rings is 2. The molecule has 3 rings (SSSR count). The summed E-state index contributed by atoms with van der Waals surface area (Å²) in [4.78, 5) is 0.257. The minimum Gasteiger partial charge on any atom is -0.497 e. The third-order valence-electron chi connectivity index (χ3n) is 3.60. The number of hydrogen-bond acceptors (Lipinski definition) is 4. The zero-order chi connectivity index (χ0) is 15.0. The maximum absolute atomic E-state index is 12.7. The number of sulfonamides is 1. The summed E-state index contributed by atoms with van der Waals surface area (Å²) >= 11 is 0. The summed E-state index contributed by atoms with van der Waals surface area (Å²) < 4.78 is 32.0. The van der Waals surface area contributed by atoms with Gasteiger partial charge >= 0.3 is 0 Å². The molecule has 0 amide bonds. The van der Waals surface area contributed by atoms with Crippen LogP contribution in [0.15, 0.2) is 47.4 Å². The average Bonchev–Trinajstić information content (AvgIpc) is 2.91. The molecule has 2 aromatic rings. The van der Waals surface area contributed by atoms with Crippen molar-refractivity contribution in [1.29, 1.82) is 0 Å². The molecule has 1 heterocycles. The molecule has 0 aromatic heterocycles. The van der Waals surface area contributed by atoms with Crippen molar-refractivity contribution in [2.75, 3.05) is 23.7 Å². The van der Waals surface area contributed by atoms with Crippen LogP contribution in [0, 0.1) is 0 Å². The van der Waals surface area contributed by atoms with E-state index >= 15 is 0 Å². The molecule has 5 nitrogen and oxygen atoms in total. The molecule has 0 saturated heterocycles. The average molecular weight is 304 g/mol.